The van der Waals surface area contributed by atoms with Crippen LogP contribution in [0.5, 0.6) is 0 Å². The number of amides is 1. The molecule has 0 aromatic heterocycles. The molecule has 2 heterocycles. The minimum Gasteiger partial charge on any atom is -0.362 e. The third kappa shape index (κ3) is 3.59. The third-order valence-corrected chi connectivity index (χ3v) is 7.18. The normalized spacial score (nSPS) is 23.7. The van der Waals surface area contributed by atoms with Crippen LogP contribution in [0.2, 0.25) is 0 Å². The van der Waals surface area contributed by atoms with Crippen LogP contribution in [0.3, 0.4) is 0 Å². The maximum Gasteiger partial charge on any atom is 0.251 e. The number of aryl methyl sites for hydroxylation is 1. The summed E-state index contributed by atoms with van der Waals surface area (Å²) in [7, 11) is -0.00649. The van der Waals surface area contributed by atoms with Gasteiger partial charge in [0, 0.05) is 27.2 Å². The van der Waals surface area contributed by atoms with Gasteiger partial charge in [-0.2, -0.15) is 4.31 Å². The molecule has 3 rings (SSSR count). The molecule has 1 aromatic rings. The zero-order valence-corrected chi connectivity index (χ0v) is 15.9. The summed E-state index contributed by atoms with van der Waals surface area (Å²) in [6.45, 7) is 2.79. The molecule has 138 valence electrons. The van der Waals surface area contributed by atoms with Gasteiger partial charge in [-0.25, -0.2) is 8.42 Å². The molecular formula is C18H26N2O4S. The van der Waals surface area contributed by atoms with Crippen LogP contribution in [0.4, 0.5) is 0 Å². The zero-order chi connectivity index (χ0) is 18.2. The molecule has 2 aliphatic heterocycles. The van der Waals surface area contributed by atoms with Gasteiger partial charge in [0.2, 0.25) is 10.0 Å². The Morgan fingerprint density at radius 2 is 1.76 bits per heavy atom. The zero-order valence-electron chi connectivity index (χ0n) is 15.1. The van der Waals surface area contributed by atoms with Crippen LogP contribution in [-0.2, 0) is 19.6 Å². The highest BCUT2D eigenvalue weighted by Gasteiger charge is 2.46. The first-order chi connectivity index (χ1) is 11.7. The van der Waals surface area contributed by atoms with Gasteiger partial charge in [0.05, 0.1) is 10.5 Å². The monoisotopic (exact) mass is 366 g/mol. The molecule has 0 radical (unpaired) electrons. The highest BCUT2D eigenvalue weighted by atomic mass is 32.2. The summed E-state index contributed by atoms with van der Waals surface area (Å²) in [5, 5.41) is 0. The number of nitrogens with zero attached hydrogens (tertiary/aromatic N) is 2. The van der Waals surface area contributed by atoms with Crippen LogP contribution in [0.15, 0.2) is 29.2 Å². The van der Waals surface area contributed by atoms with Crippen LogP contribution in [0.1, 0.15) is 31.2 Å². The third-order valence-electron chi connectivity index (χ3n) is 5.26. The van der Waals surface area contributed by atoms with Crippen molar-refractivity contribution in [1.82, 2.24) is 9.21 Å². The lowest BCUT2D eigenvalue weighted by atomic mass is 9.89. The first kappa shape index (κ1) is 18.4. The fourth-order valence-electron chi connectivity index (χ4n) is 3.64. The molecule has 0 unspecified atom stereocenters. The standard InChI is InChI=1S/C18H26N2O4S/c1-14-4-6-15(7-5-14)25(22,23)20-12-10-18(11-13-20)9-8-16(24-18)17(21)19(2)3/h4-7,16H,8-13H2,1-3H3/t16-/m1/s1. The van der Waals surface area contributed by atoms with Crippen molar-refractivity contribution in [2.45, 2.75) is 49.2 Å². The molecule has 7 heteroatoms. The Kier molecular flexibility index (Phi) is 4.92. The number of carbonyl (C=O) groups excluding carboxylic acids is 1. The van der Waals surface area contributed by atoms with Gasteiger partial charge in [-0.3, -0.25) is 4.79 Å². The number of likely N-dealkylation sites (N-methyl/N-ethyl adjacent to an activating group) is 1. The summed E-state index contributed by atoms with van der Waals surface area (Å²) in [4.78, 5) is 14.0. The molecule has 0 aliphatic carbocycles. The van der Waals surface area contributed by atoms with Crippen LogP contribution >= 0.6 is 0 Å². The van der Waals surface area contributed by atoms with E-state index in [9.17, 15) is 13.2 Å². The maximum atomic E-state index is 12.8. The van der Waals surface area contributed by atoms with E-state index in [0.29, 0.717) is 37.2 Å². The molecule has 25 heavy (non-hydrogen) atoms. The molecule has 6 nitrogen and oxygen atoms in total. The quantitative estimate of drug-likeness (QED) is 0.818. The average Bonchev–Trinajstić information content (AvgIpc) is 2.98. The smallest absolute Gasteiger partial charge is 0.251 e. The van der Waals surface area contributed by atoms with E-state index >= 15 is 0 Å². The topological polar surface area (TPSA) is 66.9 Å². The SMILES string of the molecule is Cc1ccc(S(=O)(=O)N2CCC3(CC[C@H](C(=O)N(C)C)O3)CC2)cc1. The summed E-state index contributed by atoms with van der Waals surface area (Å²) in [5.41, 5.74) is 0.683. The van der Waals surface area contributed by atoms with Crippen molar-refractivity contribution in [3.8, 4) is 0 Å². The van der Waals surface area contributed by atoms with Gasteiger partial charge in [0.25, 0.3) is 5.91 Å². The second-order valence-corrected chi connectivity index (χ2v) is 9.22. The van der Waals surface area contributed by atoms with Gasteiger partial charge in [-0.05, 0) is 44.7 Å². The van der Waals surface area contributed by atoms with Gasteiger partial charge in [-0.1, -0.05) is 17.7 Å². The van der Waals surface area contributed by atoms with Gasteiger partial charge >= 0.3 is 0 Å². The Morgan fingerprint density at radius 3 is 2.32 bits per heavy atom. The fourth-order valence-corrected chi connectivity index (χ4v) is 5.08. The first-order valence-corrected chi connectivity index (χ1v) is 10.1. The van der Waals surface area contributed by atoms with Crippen molar-refractivity contribution in [2.75, 3.05) is 27.2 Å². The molecule has 0 saturated carbocycles. The number of rotatable bonds is 3. The number of benzene rings is 1. The van der Waals surface area contributed by atoms with Gasteiger partial charge in [0.1, 0.15) is 6.10 Å². The van der Waals surface area contributed by atoms with Crippen molar-refractivity contribution in [2.24, 2.45) is 0 Å². The number of hydrogen-bond acceptors (Lipinski definition) is 4. The van der Waals surface area contributed by atoms with Gasteiger partial charge in [-0.15, -0.1) is 0 Å². The van der Waals surface area contributed by atoms with E-state index in [1.165, 1.54) is 4.31 Å². The summed E-state index contributed by atoms with van der Waals surface area (Å²) in [6.07, 6.45) is 2.40. The Hall–Kier alpha value is -1.44. The fraction of sp³-hybridized carbons (Fsp3) is 0.611. The lowest BCUT2D eigenvalue weighted by Gasteiger charge is -2.38. The van der Waals surface area contributed by atoms with Crippen LogP contribution in [-0.4, -0.2) is 62.4 Å². The van der Waals surface area contributed by atoms with E-state index in [-0.39, 0.29) is 11.5 Å². The molecule has 1 spiro atoms. The Labute approximate surface area is 149 Å². The number of ether oxygens (including phenoxy) is 1. The number of piperidine rings is 1. The van der Waals surface area contributed by atoms with E-state index in [4.69, 9.17) is 4.74 Å². The molecule has 2 saturated heterocycles. The number of carbonyl (C=O) groups is 1. The van der Waals surface area contributed by atoms with E-state index in [1.807, 2.05) is 19.1 Å². The summed E-state index contributed by atoms with van der Waals surface area (Å²) >= 11 is 0. The van der Waals surface area contributed by atoms with Gasteiger partial charge < -0.3 is 9.64 Å². The van der Waals surface area contributed by atoms with E-state index < -0.39 is 16.1 Å². The minimum atomic E-state index is -3.47. The molecule has 1 amide bonds. The highest BCUT2D eigenvalue weighted by molar-refractivity contribution is 7.89. The molecular weight excluding hydrogens is 340 g/mol. The van der Waals surface area contributed by atoms with E-state index in [1.54, 1.807) is 31.1 Å². The molecule has 0 bridgehead atoms. The van der Waals surface area contributed by atoms with E-state index in [0.717, 1.165) is 12.0 Å². The second-order valence-electron chi connectivity index (χ2n) is 7.28. The predicted octanol–water partition coefficient (Wildman–Crippen LogP) is 1.79. The van der Waals surface area contributed by atoms with E-state index in [2.05, 4.69) is 0 Å². The van der Waals surface area contributed by atoms with Crippen LogP contribution < -0.4 is 0 Å². The van der Waals surface area contributed by atoms with Crippen molar-refractivity contribution < 1.29 is 17.9 Å². The second kappa shape index (κ2) is 6.70. The number of sulfonamides is 1. The number of hydrogen-bond donors (Lipinski definition) is 0. The lowest BCUT2D eigenvalue weighted by Crippen LogP contribution is -2.47. The maximum absolute atomic E-state index is 12.8. The van der Waals surface area contributed by atoms with Crippen molar-refractivity contribution in [1.29, 1.82) is 0 Å². The van der Waals surface area contributed by atoms with Crippen LogP contribution in [0.25, 0.3) is 0 Å². The van der Waals surface area contributed by atoms with Gasteiger partial charge in [0.15, 0.2) is 0 Å². The summed E-state index contributed by atoms with van der Waals surface area (Å²) in [6, 6.07) is 6.95. The van der Waals surface area contributed by atoms with Crippen molar-refractivity contribution >= 4 is 15.9 Å². The van der Waals surface area contributed by atoms with Crippen LogP contribution in [0, 0.1) is 6.92 Å². The summed E-state index contributed by atoms with van der Waals surface area (Å²) in [5.74, 6) is -0.00779. The molecule has 2 aliphatic rings. The molecule has 2 fully saturated rings. The van der Waals surface area contributed by atoms with Crippen molar-refractivity contribution in [3.05, 3.63) is 29.8 Å². The Balaban J connectivity index is 1.66. The molecule has 0 N–H and O–H groups in total. The largest absolute Gasteiger partial charge is 0.362 e. The molecule has 1 aromatic carbocycles. The Morgan fingerprint density at radius 1 is 1.16 bits per heavy atom. The predicted molar refractivity (Wildman–Crippen MR) is 94.7 cm³/mol. The highest BCUT2D eigenvalue weighted by Crippen LogP contribution is 2.40. The lowest BCUT2D eigenvalue weighted by molar-refractivity contribution is -0.147. The molecule has 1 atom stereocenters. The Bertz CT molecular complexity index is 735. The average molecular weight is 366 g/mol. The van der Waals surface area contributed by atoms with Crippen molar-refractivity contribution in [3.63, 3.8) is 0 Å². The summed E-state index contributed by atoms with van der Waals surface area (Å²) < 4.78 is 33.2. The minimum absolute atomic E-state index is 0.00779. The first-order valence-electron chi connectivity index (χ1n) is 8.69.